The molecule has 0 atom stereocenters. The molecule has 7 heteroatoms. The van der Waals surface area contributed by atoms with Gasteiger partial charge in [-0.1, -0.05) is 11.3 Å². The Morgan fingerprint density at radius 3 is 3.30 bits per heavy atom. The smallest absolute Gasteiger partial charge is 0.236 e. The van der Waals surface area contributed by atoms with Crippen LogP contribution < -0.4 is 11.3 Å². The van der Waals surface area contributed by atoms with Crippen LogP contribution in [-0.2, 0) is 0 Å². The van der Waals surface area contributed by atoms with Gasteiger partial charge in [-0.3, -0.25) is 5.43 Å². The fraction of sp³-hybridized carbons (Fsp3) is 0. The Morgan fingerprint density at radius 2 is 2.60 bits per heavy atom. The molecule has 0 unspecified atom stereocenters. The minimum atomic E-state index is 0.630. The van der Waals surface area contributed by atoms with Gasteiger partial charge < -0.3 is 0 Å². The van der Waals surface area contributed by atoms with Gasteiger partial charge in [0.15, 0.2) is 0 Å². The van der Waals surface area contributed by atoms with Crippen LogP contribution >= 0.6 is 11.3 Å². The Morgan fingerprint density at radius 1 is 1.70 bits per heavy atom. The number of anilines is 1. The van der Waals surface area contributed by atoms with Gasteiger partial charge in [0.25, 0.3) is 0 Å². The second-order valence-corrected chi connectivity index (χ2v) is 2.57. The van der Waals surface area contributed by atoms with Crippen molar-refractivity contribution in [1.82, 2.24) is 19.8 Å². The highest BCUT2D eigenvalue weighted by molar-refractivity contribution is 7.20. The van der Waals surface area contributed by atoms with E-state index >= 15 is 0 Å². The predicted molar refractivity (Wildman–Crippen MR) is 36.5 cm³/mol. The number of nitrogen functional groups attached to an aromatic ring is 1. The van der Waals surface area contributed by atoms with Crippen molar-refractivity contribution in [1.29, 1.82) is 0 Å². The summed E-state index contributed by atoms with van der Waals surface area (Å²) in [4.78, 5) is 0.730. The van der Waals surface area contributed by atoms with Gasteiger partial charge in [-0.05, 0) is 0 Å². The van der Waals surface area contributed by atoms with Gasteiger partial charge in [-0.2, -0.15) is 4.52 Å². The van der Waals surface area contributed by atoms with E-state index in [1.54, 1.807) is 4.52 Å². The maximum atomic E-state index is 5.11. The molecule has 0 saturated heterocycles. The number of rotatable bonds is 1. The second-order valence-electron chi connectivity index (χ2n) is 1.61. The van der Waals surface area contributed by atoms with Crippen LogP contribution in [0.25, 0.3) is 4.96 Å². The first-order valence-electron chi connectivity index (χ1n) is 2.53. The lowest BCUT2D eigenvalue weighted by Gasteiger charge is -1.84. The third-order valence-corrected chi connectivity index (χ3v) is 1.85. The number of hydrazine groups is 1. The molecule has 2 rings (SSSR count). The van der Waals surface area contributed by atoms with Crippen molar-refractivity contribution in [2.45, 2.75) is 0 Å². The first-order valence-corrected chi connectivity index (χ1v) is 3.35. The molecule has 6 nitrogen and oxygen atoms in total. The van der Waals surface area contributed by atoms with Gasteiger partial charge >= 0.3 is 0 Å². The molecule has 0 spiro atoms. The topological polar surface area (TPSA) is 81.1 Å². The predicted octanol–water partition coefficient (Wildman–Crippen LogP) is -0.529. The maximum absolute atomic E-state index is 5.11. The molecular formula is C3H4N6S. The van der Waals surface area contributed by atoms with Crippen molar-refractivity contribution in [2.75, 3.05) is 5.43 Å². The van der Waals surface area contributed by atoms with Gasteiger partial charge in [0.2, 0.25) is 10.1 Å². The van der Waals surface area contributed by atoms with E-state index in [0.717, 1.165) is 4.96 Å². The second kappa shape index (κ2) is 1.89. The lowest BCUT2D eigenvalue weighted by Crippen LogP contribution is -2.06. The Bertz CT molecular complexity index is 307. The van der Waals surface area contributed by atoms with Crippen LogP contribution in [0, 0.1) is 0 Å². The normalized spacial score (nSPS) is 10.5. The zero-order chi connectivity index (χ0) is 6.97. The number of nitrogens with zero attached hydrogens (tertiary/aromatic N) is 4. The average molecular weight is 156 g/mol. The quantitative estimate of drug-likeness (QED) is 0.428. The number of nitrogens with two attached hydrogens (primary N) is 1. The summed E-state index contributed by atoms with van der Waals surface area (Å²) in [6, 6.07) is 0. The van der Waals surface area contributed by atoms with Crippen molar-refractivity contribution in [3.05, 3.63) is 6.33 Å². The molecule has 0 aliphatic rings. The van der Waals surface area contributed by atoms with Crippen molar-refractivity contribution in [3.8, 4) is 0 Å². The van der Waals surface area contributed by atoms with E-state index in [-0.39, 0.29) is 0 Å². The molecule has 2 aromatic heterocycles. The van der Waals surface area contributed by atoms with E-state index in [4.69, 9.17) is 5.84 Å². The summed E-state index contributed by atoms with van der Waals surface area (Å²) in [5.74, 6) is 5.11. The zero-order valence-electron chi connectivity index (χ0n) is 4.85. The molecule has 10 heavy (non-hydrogen) atoms. The molecule has 0 bridgehead atoms. The lowest BCUT2D eigenvalue weighted by atomic mass is 11.2. The van der Waals surface area contributed by atoms with Gasteiger partial charge in [0.05, 0.1) is 0 Å². The number of hydrogen-bond acceptors (Lipinski definition) is 6. The SMILES string of the molecule is NNc1nn2cnnc2s1. The van der Waals surface area contributed by atoms with Crippen LogP contribution in [0.15, 0.2) is 6.33 Å². The Balaban J connectivity index is 2.67. The fourth-order valence-corrected chi connectivity index (χ4v) is 1.25. The van der Waals surface area contributed by atoms with E-state index in [2.05, 4.69) is 20.7 Å². The summed E-state index contributed by atoms with van der Waals surface area (Å²) in [6.07, 6.45) is 1.52. The summed E-state index contributed by atoms with van der Waals surface area (Å²) >= 11 is 1.35. The average Bonchev–Trinajstić information content (AvgIpc) is 2.42. The molecule has 0 radical (unpaired) electrons. The largest absolute Gasteiger partial charge is 0.298 e. The highest BCUT2D eigenvalue weighted by atomic mass is 32.1. The minimum Gasteiger partial charge on any atom is -0.298 e. The molecule has 0 aliphatic carbocycles. The minimum absolute atomic E-state index is 0.630. The van der Waals surface area contributed by atoms with Gasteiger partial charge in [0, 0.05) is 0 Å². The summed E-state index contributed by atoms with van der Waals surface area (Å²) in [5, 5.41) is 12.0. The van der Waals surface area contributed by atoms with Crippen LogP contribution in [0.2, 0.25) is 0 Å². The van der Waals surface area contributed by atoms with Crippen molar-refractivity contribution in [2.24, 2.45) is 5.84 Å². The number of fused-ring (bicyclic) bond motifs is 1. The van der Waals surface area contributed by atoms with Crippen molar-refractivity contribution < 1.29 is 0 Å². The van der Waals surface area contributed by atoms with E-state index in [1.807, 2.05) is 0 Å². The molecular weight excluding hydrogens is 152 g/mol. The van der Waals surface area contributed by atoms with Crippen molar-refractivity contribution in [3.63, 3.8) is 0 Å². The Labute approximate surface area is 59.6 Å². The standard InChI is InChI=1S/C3H4N6S/c4-6-2-8-9-1-5-7-3(9)10-2/h1H,4H2,(H,6,8). The Kier molecular flexibility index (Phi) is 1.05. The van der Waals surface area contributed by atoms with Crippen LogP contribution in [0.4, 0.5) is 5.13 Å². The van der Waals surface area contributed by atoms with Gasteiger partial charge in [0.1, 0.15) is 6.33 Å². The van der Waals surface area contributed by atoms with Crippen LogP contribution in [-0.4, -0.2) is 19.8 Å². The maximum Gasteiger partial charge on any atom is 0.236 e. The molecule has 2 heterocycles. The number of aromatic nitrogens is 4. The number of nitrogens with one attached hydrogen (secondary N) is 1. The highest BCUT2D eigenvalue weighted by Crippen LogP contribution is 2.14. The first-order chi connectivity index (χ1) is 4.90. The third kappa shape index (κ3) is 0.645. The third-order valence-electron chi connectivity index (χ3n) is 1.01. The van der Waals surface area contributed by atoms with Gasteiger partial charge in [-0.15, -0.1) is 15.3 Å². The summed E-state index contributed by atoms with van der Waals surface area (Å²) < 4.78 is 1.56. The molecule has 2 aromatic rings. The monoisotopic (exact) mass is 156 g/mol. The molecule has 0 fully saturated rings. The molecule has 0 saturated carbocycles. The van der Waals surface area contributed by atoms with Crippen molar-refractivity contribution >= 4 is 21.4 Å². The van der Waals surface area contributed by atoms with E-state index < -0.39 is 0 Å². The fourth-order valence-electron chi connectivity index (χ4n) is 0.618. The summed E-state index contributed by atoms with van der Waals surface area (Å²) in [6.45, 7) is 0. The first kappa shape index (κ1) is 5.57. The van der Waals surface area contributed by atoms with E-state index in [9.17, 15) is 0 Å². The van der Waals surface area contributed by atoms with Crippen LogP contribution in [0.5, 0.6) is 0 Å². The molecule has 3 N–H and O–H groups in total. The molecule has 52 valence electrons. The molecule has 0 amide bonds. The van der Waals surface area contributed by atoms with E-state index in [0.29, 0.717) is 5.13 Å². The number of hydrogen-bond donors (Lipinski definition) is 2. The zero-order valence-corrected chi connectivity index (χ0v) is 5.67. The molecule has 0 aromatic carbocycles. The lowest BCUT2D eigenvalue weighted by molar-refractivity contribution is 0.953. The Hall–Kier alpha value is -1.21. The molecule has 0 aliphatic heterocycles. The highest BCUT2D eigenvalue weighted by Gasteiger charge is 2.01. The van der Waals surface area contributed by atoms with E-state index in [1.165, 1.54) is 17.7 Å². The van der Waals surface area contributed by atoms with Gasteiger partial charge in [-0.25, -0.2) is 5.84 Å². The van der Waals surface area contributed by atoms with Crippen LogP contribution in [0.1, 0.15) is 0 Å². The summed E-state index contributed by atoms with van der Waals surface area (Å²) in [5.41, 5.74) is 2.42. The summed E-state index contributed by atoms with van der Waals surface area (Å²) in [7, 11) is 0. The van der Waals surface area contributed by atoms with Crippen LogP contribution in [0.3, 0.4) is 0 Å².